The van der Waals surface area contributed by atoms with E-state index in [-0.39, 0.29) is 5.97 Å². The van der Waals surface area contributed by atoms with Crippen molar-refractivity contribution >= 4 is 5.97 Å². The monoisotopic (exact) mass is 356 g/mol. The highest BCUT2D eigenvalue weighted by atomic mass is 16.5. The van der Waals surface area contributed by atoms with Gasteiger partial charge in [-0.2, -0.15) is 0 Å². The van der Waals surface area contributed by atoms with Crippen LogP contribution in [-0.2, 0) is 4.79 Å². The largest absolute Gasteiger partial charge is 0.427 e. The topological polar surface area (TPSA) is 26.3 Å². The summed E-state index contributed by atoms with van der Waals surface area (Å²) in [6.07, 6.45) is 18.5. The first-order chi connectivity index (χ1) is 12.8. The first-order valence-electron chi connectivity index (χ1n) is 10.7. The minimum atomic E-state index is -0.117. The number of para-hydroxylation sites is 1. The van der Waals surface area contributed by atoms with Crippen LogP contribution in [-0.4, -0.2) is 5.97 Å². The van der Waals surface area contributed by atoms with Gasteiger partial charge in [0.1, 0.15) is 5.75 Å². The molecule has 1 aromatic rings. The number of allylic oxidation sites excluding steroid dienone is 2. The third-order valence-corrected chi connectivity index (χ3v) is 5.43. The lowest BCUT2D eigenvalue weighted by atomic mass is 9.84. The van der Waals surface area contributed by atoms with Crippen molar-refractivity contribution in [2.75, 3.05) is 0 Å². The Labute approximate surface area is 160 Å². The molecule has 1 unspecified atom stereocenters. The molecule has 26 heavy (non-hydrogen) atoms. The average Bonchev–Trinajstić information content (AvgIpc) is 2.66. The predicted octanol–water partition coefficient (Wildman–Crippen LogP) is 7.24. The number of esters is 1. The highest BCUT2D eigenvalue weighted by Crippen LogP contribution is 2.30. The molecule has 1 atom stereocenters. The standard InChI is InChI=1S/C24H36O2/c1-2-3-4-5-6-8-12-21-17-19-22(20-18-21)13-11-16-24(25)26-23-14-9-7-10-15-23/h7,9-10,14-15,19,21H,2-6,8,11-13,16-18,20H2,1H3. The molecule has 0 amide bonds. The van der Waals surface area contributed by atoms with Crippen molar-refractivity contribution in [2.45, 2.75) is 90.4 Å². The molecule has 2 rings (SSSR count). The lowest BCUT2D eigenvalue weighted by molar-refractivity contribution is -0.134. The second kappa shape index (κ2) is 12.7. The summed E-state index contributed by atoms with van der Waals surface area (Å²) in [5.41, 5.74) is 1.55. The Hall–Kier alpha value is -1.57. The summed E-state index contributed by atoms with van der Waals surface area (Å²) in [7, 11) is 0. The fourth-order valence-corrected chi connectivity index (χ4v) is 3.78. The van der Waals surface area contributed by atoms with E-state index in [0.29, 0.717) is 12.2 Å². The summed E-state index contributed by atoms with van der Waals surface area (Å²) < 4.78 is 5.34. The van der Waals surface area contributed by atoms with E-state index in [9.17, 15) is 4.79 Å². The Kier molecular flexibility index (Phi) is 10.2. The maximum atomic E-state index is 11.9. The molecule has 0 heterocycles. The zero-order valence-corrected chi connectivity index (χ0v) is 16.6. The van der Waals surface area contributed by atoms with Crippen LogP contribution in [0.5, 0.6) is 5.75 Å². The van der Waals surface area contributed by atoms with Gasteiger partial charge in [-0.1, -0.05) is 81.7 Å². The normalized spacial score (nSPS) is 17.0. The Balaban J connectivity index is 1.53. The zero-order valence-electron chi connectivity index (χ0n) is 16.6. The molecule has 2 heteroatoms. The second-order valence-corrected chi connectivity index (χ2v) is 7.70. The maximum Gasteiger partial charge on any atom is 0.311 e. The van der Waals surface area contributed by atoms with Crippen molar-refractivity contribution < 1.29 is 9.53 Å². The van der Waals surface area contributed by atoms with Crippen molar-refractivity contribution in [1.82, 2.24) is 0 Å². The molecule has 0 saturated carbocycles. The third-order valence-electron chi connectivity index (χ3n) is 5.43. The summed E-state index contributed by atoms with van der Waals surface area (Å²) >= 11 is 0. The fourth-order valence-electron chi connectivity index (χ4n) is 3.78. The Bertz CT molecular complexity index is 532. The van der Waals surface area contributed by atoms with Crippen LogP contribution < -0.4 is 4.74 Å². The fraction of sp³-hybridized carbons (Fsp3) is 0.625. The Morgan fingerprint density at radius 2 is 1.81 bits per heavy atom. The molecule has 0 spiro atoms. The van der Waals surface area contributed by atoms with E-state index < -0.39 is 0 Å². The second-order valence-electron chi connectivity index (χ2n) is 7.70. The van der Waals surface area contributed by atoms with Crippen molar-refractivity contribution in [3.8, 4) is 5.75 Å². The van der Waals surface area contributed by atoms with Gasteiger partial charge in [0.15, 0.2) is 0 Å². The average molecular weight is 357 g/mol. The van der Waals surface area contributed by atoms with Crippen molar-refractivity contribution in [3.05, 3.63) is 42.0 Å². The highest BCUT2D eigenvalue weighted by molar-refractivity contribution is 5.72. The van der Waals surface area contributed by atoms with Gasteiger partial charge in [-0.05, 0) is 50.2 Å². The van der Waals surface area contributed by atoms with Crippen molar-refractivity contribution in [3.63, 3.8) is 0 Å². The minimum absolute atomic E-state index is 0.117. The smallest absolute Gasteiger partial charge is 0.311 e. The molecule has 0 radical (unpaired) electrons. The number of unbranched alkanes of at least 4 members (excludes halogenated alkanes) is 5. The zero-order chi connectivity index (χ0) is 18.5. The van der Waals surface area contributed by atoms with Crippen LogP contribution in [0.15, 0.2) is 42.0 Å². The van der Waals surface area contributed by atoms with Crippen LogP contribution in [0.2, 0.25) is 0 Å². The van der Waals surface area contributed by atoms with E-state index in [0.717, 1.165) is 18.8 Å². The number of rotatable bonds is 12. The molecule has 1 aliphatic carbocycles. The number of carbonyl (C=O) groups is 1. The van der Waals surface area contributed by atoms with E-state index in [1.54, 1.807) is 5.57 Å². The molecular formula is C24H36O2. The van der Waals surface area contributed by atoms with Crippen molar-refractivity contribution in [1.29, 1.82) is 0 Å². The van der Waals surface area contributed by atoms with E-state index in [1.165, 1.54) is 64.2 Å². The molecule has 1 aromatic carbocycles. The molecule has 0 bridgehead atoms. The molecule has 0 saturated heterocycles. The van der Waals surface area contributed by atoms with Gasteiger partial charge in [-0.3, -0.25) is 4.79 Å². The first kappa shape index (κ1) is 20.7. The molecule has 0 N–H and O–H groups in total. The molecule has 0 aromatic heterocycles. The molecule has 0 fully saturated rings. The van der Waals surface area contributed by atoms with Crippen LogP contribution in [0.4, 0.5) is 0 Å². The predicted molar refractivity (Wildman–Crippen MR) is 109 cm³/mol. The Morgan fingerprint density at radius 3 is 2.54 bits per heavy atom. The van der Waals surface area contributed by atoms with Crippen LogP contribution in [0.3, 0.4) is 0 Å². The van der Waals surface area contributed by atoms with E-state index in [2.05, 4.69) is 13.0 Å². The summed E-state index contributed by atoms with van der Waals surface area (Å²) in [6, 6.07) is 9.35. The quantitative estimate of drug-likeness (QED) is 0.171. The van der Waals surface area contributed by atoms with E-state index in [4.69, 9.17) is 4.74 Å². The maximum absolute atomic E-state index is 11.9. The van der Waals surface area contributed by atoms with Crippen LogP contribution in [0, 0.1) is 5.92 Å². The highest BCUT2D eigenvalue weighted by Gasteiger charge is 2.14. The van der Waals surface area contributed by atoms with Gasteiger partial charge in [0.05, 0.1) is 0 Å². The lowest BCUT2D eigenvalue weighted by Crippen LogP contribution is -2.09. The van der Waals surface area contributed by atoms with Gasteiger partial charge >= 0.3 is 5.97 Å². The van der Waals surface area contributed by atoms with Gasteiger partial charge < -0.3 is 4.74 Å². The van der Waals surface area contributed by atoms with Crippen LogP contribution >= 0.6 is 0 Å². The summed E-state index contributed by atoms with van der Waals surface area (Å²) in [6.45, 7) is 2.28. The van der Waals surface area contributed by atoms with Crippen LogP contribution in [0.1, 0.15) is 90.4 Å². The molecule has 0 aliphatic heterocycles. The molecule has 2 nitrogen and oxygen atoms in total. The van der Waals surface area contributed by atoms with Crippen LogP contribution in [0.25, 0.3) is 0 Å². The first-order valence-corrected chi connectivity index (χ1v) is 10.7. The number of hydrogen-bond donors (Lipinski definition) is 0. The van der Waals surface area contributed by atoms with Gasteiger partial charge in [-0.15, -0.1) is 0 Å². The molecule has 1 aliphatic rings. The summed E-state index contributed by atoms with van der Waals surface area (Å²) in [5, 5.41) is 0. The Morgan fingerprint density at radius 1 is 1.04 bits per heavy atom. The number of hydrogen-bond acceptors (Lipinski definition) is 2. The van der Waals surface area contributed by atoms with E-state index in [1.807, 2.05) is 30.3 Å². The van der Waals surface area contributed by atoms with E-state index >= 15 is 0 Å². The SMILES string of the molecule is CCCCCCCCC1CC=C(CCCC(=O)Oc2ccccc2)CC1. The van der Waals surface area contributed by atoms with Gasteiger partial charge in [0.25, 0.3) is 0 Å². The summed E-state index contributed by atoms with van der Waals surface area (Å²) in [5.74, 6) is 1.42. The summed E-state index contributed by atoms with van der Waals surface area (Å²) in [4.78, 5) is 11.9. The van der Waals surface area contributed by atoms with Gasteiger partial charge in [0.2, 0.25) is 0 Å². The number of carbonyl (C=O) groups excluding carboxylic acids is 1. The molecule has 144 valence electrons. The van der Waals surface area contributed by atoms with Crippen molar-refractivity contribution in [2.24, 2.45) is 5.92 Å². The lowest BCUT2D eigenvalue weighted by Gasteiger charge is -2.22. The number of benzene rings is 1. The van der Waals surface area contributed by atoms with Gasteiger partial charge in [0, 0.05) is 6.42 Å². The molecular weight excluding hydrogens is 320 g/mol. The third kappa shape index (κ3) is 8.69. The minimum Gasteiger partial charge on any atom is -0.427 e. The number of ether oxygens (including phenoxy) is 1. The van der Waals surface area contributed by atoms with Gasteiger partial charge in [-0.25, -0.2) is 0 Å².